The monoisotopic (exact) mass is 340 g/mol. The molecule has 0 bridgehead atoms. The molecule has 1 aliphatic rings. The largest absolute Gasteiger partial charge is 0.466 e. The minimum atomic E-state index is -1.15. The lowest BCUT2D eigenvalue weighted by atomic mass is 9.95. The number of carbonyl (C=O) groups is 1. The zero-order valence-electron chi connectivity index (χ0n) is 14.4. The summed E-state index contributed by atoms with van der Waals surface area (Å²) in [5.74, 6) is 1.44. The number of aliphatic hydroxyl groups is 1. The Balaban J connectivity index is 1.85. The molecule has 1 aliphatic carbocycles. The van der Waals surface area contributed by atoms with Crippen molar-refractivity contribution in [2.24, 2.45) is 0 Å². The fourth-order valence-corrected chi connectivity index (χ4v) is 4.07. The molecule has 3 N–H and O–H groups in total. The maximum absolute atomic E-state index is 12.1. The van der Waals surface area contributed by atoms with Crippen LogP contribution in [-0.2, 0) is 5.60 Å². The van der Waals surface area contributed by atoms with E-state index in [0.29, 0.717) is 11.0 Å². The first kappa shape index (κ1) is 18.2. The van der Waals surface area contributed by atoms with Gasteiger partial charge < -0.3 is 20.2 Å². The summed E-state index contributed by atoms with van der Waals surface area (Å²) in [7, 11) is 0. The van der Waals surface area contributed by atoms with Crippen LogP contribution in [0.2, 0.25) is 0 Å². The van der Waals surface area contributed by atoms with Gasteiger partial charge in [0.25, 0.3) is 0 Å². The van der Waals surface area contributed by atoms with E-state index in [4.69, 9.17) is 4.42 Å². The van der Waals surface area contributed by atoms with E-state index in [1.807, 2.05) is 31.7 Å². The molecular weight excluding hydrogens is 312 g/mol. The predicted molar refractivity (Wildman–Crippen MR) is 93.8 cm³/mol. The third-order valence-corrected chi connectivity index (χ3v) is 5.60. The molecule has 0 saturated heterocycles. The topological polar surface area (TPSA) is 74.5 Å². The van der Waals surface area contributed by atoms with Crippen molar-refractivity contribution in [3.63, 3.8) is 0 Å². The lowest BCUT2D eigenvalue weighted by Crippen LogP contribution is -2.48. The van der Waals surface area contributed by atoms with Crippen molar-refractivity contribution in [3.05, 3.63) is 23.2 Å². The minimum absolute atomic E-state index is 0.150. The fraction of sp³-hybridized carbons (Fsp3) is 0.706. The molecule has 5 nitrogen and oxygen atoms in total. The molecule has 6 heteroatoms. The molecule has 1 heterocycles. The highest BCUT2D eigenvalue weighted by Gasteiger charge is 2.29. The molecule has 1 saturated carbocycles. The number of hydrogen-bond donors (Lipinski definition) is 3. The average Bonchev–Trinajstić information content (AvgIpc) is 2.85. The second-order valence-electron chi connectivity index (χ2n) is 6.65. The molecular formula is C17H28N2O3S. The molecule has 3 atom stereocenters. The first-order chi connectivity index (χ1) is 10.8. The average molecular weight is 340 g/mol. The smallest absolute Gasteiger partial charge is 0.315 e. The van der Waals surface area contributed by atoms with Gasteiger partial charge in [0.2, 0.25) is 0 Å². The van der Waals surface area contributed by atoms with Gasteiger partial charge in [0.1, 0.15) is 17.1 Å². The summed E-state index contributed by atoms with van der Waals surface area (Å²) in [5.41, 5.74) is -0.427. The first-order valence-electron chi connectivity index (χ1n) is 8.19. The maximum atomic E-state index is 12.1. The molecule has 3 unspecified atom stereocenters. The van der Waals surface area contributed by atoms with Crippen LogP contribution < -0.4 is 10.6 Å². The van der Waals surface area contributed by atoms with E-state index >= 15 is 0 Å². The van der Waals surface area contributed by atoms with Crippen molar-refractivity contribution in [1.29, 1.82) is 0 Å². The molecule has 0 spiro atoms. The van der Waals surface area contributed by atoms with Crippen LogP contribution in [0.15, 0.2) is 10.5 Å². The number of nitrogens with one attached hydrogen (secondary N) is 2. The van der Waals surface area contributed by atoms with Crippen molar-refractivity contribution in [3.8, 4) is 0 Å². The second kappa shape index (κ2) is 7.62. The summed E-state index contributed by atoms with van der Waals surface area (Å²) in [4.78, 5) is 12.1. The van der Waals surface area contributed by atoms with E-state index in [1.54, 1.807) is 6.92 Å². The Hall–Kier alpha value is -1.14. The number of urea groups is 1. The van der Waals surface area contributed by atoms with Crippen LogP contribution in [0.4, 0.5) is 4.79 Å². The lowest BCUT2D eigenvalue weighted by Gasteiger charge is -2.29. The number of amides is 2. The molecule has 1 aromatic heterocycles. The van der Waals surface area contributed by atoms with Crippen molar-refractivity contribution in [1.82, 2.24) is 10.6 Å². The van der Waals surface area contributed by atoms with Gasteiger partial charge in [-0.1, -0.05) is 6.42 Å². The summed E-state index contributed by atoms with van der Waals surface area (Å²) >= 11 is 1.87. The molecule has 2 amide bonds. The first-order valence-corrected chi connectivity index (χ1v) is 9.47. The Labute approximate surface area is 142 Å². The lowest BCUT2D eigenvalue weighted by molar-refractivity contribution is 0.0577. The molecule has 130 valence electrons. The molecule has 0 aliphatic heterocycles. The van der Waals surface area contributed by atoms with Gasteiger partial charge in [-0.05, 0) is 52.4 Å². The van der Waals surface area contributed by atoms with E-state index < -0.39 is 5.60 Å². The summed E-state index contributed by atoms with van der Waals surface area (Å²) in [6, 6.07) is 1.83. The number of furan rings is 1. The van der Waals surface area contributed by atoms with E-state index in [-0.39, 0.29) is 18.6 Å². The van der Waals surface area contributed by atoms with Gasteiger partial charge in [-0.2, -0.15) is 11.8 Å². The third kappa shape index (κ3) is 4.91. The highest BCUT2D eigenvalue weighted by molar-refractivity contribution is 7.99. The molecule has 23 heavy (non-hydrogen) atoms. The van der Waals surface area contributed by atoms with Crippen molar-refractivity contribution in [2.45, 2.75) is 63.3 Å². The van der Waals surface area contributed by atoms with Crippen LogP contribution in [-0.4, -0.2) is 35.2 Å². The highest BCUT2D eigenvalue weighted by Crippen LogP contribution is 2.27. The summed E-state index contributed by atoms with van der Waals surface area (Å²) in [6.45, 7) is 5.51. The minimum Gasteiger partial charge on any atom is -0.466 e. The van der Waals surface area contributed by atoms with Gasteiger partial charge in [-0.25, -0.2) is 4.79 Å². The van der Waals surface area contributed by atoms with E-state index in [2.05, 4.69) is 16.9 Å². The van der Waals surface area contributed by atoms with Crippen LogP contribution in [0.5, 0.6) is 0 Å². The number of hydrogen-bond acceptors (Lipinski definition) is 4. The van der Waals surface area contributed by atoms with E-state index in [1.165, 1.54) is 6.42 Å². The van der Waals surface area contributed by atoms with Crippen LogP contribution in [0.25, 0.3) is 0 Å². The normalized spacial score (nSPS) is 24.0. The fourth-order valence-electron chi connectivity index (χ4n) is 3.24. The van der Waals surface area contributed by atoms with E-state index in [9.17, 15) is 9.90 Å². The van der Waals surface area contributed by atoms with Crippen molar-refractivity contribution < 1.29 is 14.3 Å². The van der Waals surface area contributed by atoms with Gasteiger partial charge in [0, 0.05) is 16.9 Å². The molecule has 1 fully saturated rings. The molecule has 0 radical (unpaired) electrons. The molecule has 2 rings (SSSR count). The SMILES string of the molecule is CSC1CCCC(NC(=O)NCC(C)(O)c2cc(C)oc2C)C1. The molecule has 0 aromatic carbocycles. The number of aryl methyl sites for hydroxylation is 2. The van der Waals surface area contributed by atoms with Crippen LogP contribution >= 0.6 is 11.8 Å². The summed E-state index contributed by atoms with van der Waals surface area (Å²) in [6.07, 6.45) is 6.56. The van der Waals surface area contributed by atoms with Gasteiger partial charge in [0.15, 0.2) is 0 Å². The highest BCUT2D eigenvalue weighted by atomic mass is 32.2. The molecule has 1 aromatic rings. The Kier molecular flexibility index (Phi) is 6.03. The zero-order valence-corrected chi connectivity index (χ0v) is 15.3. The predicted octanol–water partition coefficient (Wildman–Crippen LogP) is 3.08. The summed E-state index contributed by atoms with van der Waals surface area (Å²) < 4.78 is 5.46. The number of carbonyl (C=O) groups excluding carboxylic acids is 1. The van der Waals surface area contributed by atoms with Gasteiger partial charge in [0.05, 0.1) is 6.54 Å². The Morgan fingerprint density at radius 1 is 1.48 bits per heavy atom. The number of rotatable bonds is 5. The Morgan fingerprint density at radius 3 is 2.83 bits per heavy atom. The van der Waals surface area contributed by atoms with Crippen LogP contribution in [0.3, 0.4) is 0 Å². The quantitative estimate of drug-likeness (QED) is 0.770. The summed E-state index contributed by atoms with van der Waals surface area (Å²) in [5, 5.41) is 17.1. The maximum Gasteiger partial charge on any atom is 0.315 e. The van der Waals surface area contributed by atoms with Crippen LogP contribution in [0, 0.1) is 13.8 Å². The standard InChI is InChI=1S/C17H28N2O3S/c1-11-8-15(12(2)22-11)17(3,21)10-18-16(20)19-13-6-5-7-14(9-13)23-4/h8,13-14,21H,5-7,9-10H2,1-4H3,(H2,18,19,20). The van der Waals surface area contributed by atoms with E-state index in [0.717, 1.165) is 30.6 Å². The van der Waals surface area contributed by atoms with Crippen molar-refractivity contribution >= 4 is 17.8 Å². The van der Waals surface area contributed by atoms with Gasteiger partial charge in [-0.15, -0.1) is 0 Å². The van der Waals surface area contributed by atoms with Gasteiger partial charge >= 0.3 is 6.03 Å². The Bertz CT molecular complexity index is 542. The Morgan fingerprint density at radius 2 is 2.22 bits per heavy atom. The third-order valence-electron chi connectivity index (χ3n) is 4.51. The number of thioether (sulfide) groups is 1. The zero-order chi connectivity index (χ0) is 17.0. The van der Waals surface area contributed by atoms with Crippen LogP contribution in [0.1, 0.15) is 49.7 Å². The van der Waals surface area contributed by atoms with Crippen molar-refractivity contribution in [2.75, 3.05) is 12.8 Å². The second-order valence-corrected chi connectivity index (χ2v) is 7.79. The van der Waals surface area contributed by atoms with Gasteiger partial charge in [-0.3, -0.25) is 0 Å².